The van der Waals surface area contributed by atoms with Crippen molar-refractivity contribution in [3.8, 4) is 0 Å². The van der Waals surface area contributed by atoms with E-state index in [9.17, 15) is 4.79 Å². The van der Waals surface area contributed by atoms with Gasteiger partial charge in [0.1, 0.15) is 5.69 Å². The van der Waals surface area contributed by atoms with Crippen LogP contribution in [0.15, 0.2) is 6.20 Å². The molecule has 0 amide bonds. The van der Waals surface area contributed by atoms with Crippen molar-refractivity contribution in [1.82, 2.24) is 10.2 Å². The van der Waals surface area contributed by atoms with Crippen molar-refractivity contribution < 1.29 is 4.79 Å². The summed E-state index contributed by atoms with van der Waals surface area (Å²) in [7, 11) is 0. The predicted octanol–water partition coefficient (Wildman–Crippen LogP) is 1.95. The molecule has 1 aromatic rings. The Kier molecular flexibility index (Phi) is 3.51. The maximum Gasteiger partial charge on any atom is 0.168 e. The summed E-state index contributed by atoms with van der Waals surface area (Å²) < 4.78 is 0. The van der Waals surface area contributed by atoms with E-state index in [0.717, 1.165) is 24.7 Å². The Balaban J connectivity index is 2.45. The third-order valence-electron chi connectivity index (χ3n) is 1.92. The van der Waals surface area contributed by atoms with E-state index in [1.165, 1.54) is 12.8 Å². The third-order valence-corrected chi connectivity index (χ3v) is 1.92. The van der Waals surface area contributed by atoms with Crippen molar-refractivity contribution in [1.29, 1.82) is 0 Å². The number of aldehydes is 1. The number of rotatable bonds is 5. The smallest absolute Gasteiger partial charge is 0.168 e. The van der Waals surface area contributed by atoms with Gasteiger partial charge >= 0.3 is 0 Å². The highest BCUT2D eigenvalue weighted by Gasteiger charge is 2.01. The normalized spacial score (nSPS) is 10.1. The van der Waals surface area contributed by atoms with Gasteiger partial charge in [-0.1, -0.05) is 19.8 Å². The van der Waals surface area contributed by atoms with E-state index in [4.69, 9.17) is 0 Å². The number of carbonyl (C=O) groups is 1. The summed E-state index contributed by atoms with van der Waals surface area (Å²) in [5, 5.41) is 6.48. The molecule has 12 heavy (non-hydrogen) atoms. The first-order chi connectivity index (χ1) is 5.88. The lowest BCUT2D eigenvalue weighted by Gasteiger charge is -1.95. The zero-order chi connectivity index (χ0) is 8.81. The van der Waals surface area contributed by atoms with Crippen molar-refractivity contribution >= 4 is 6.29 Å². The van der Waals surface area contributed by atoms with Gasteiger partial charge in [-0.05, 0) is 12.8 Å². The van der Waals surface area contributed by atoms with Crippen LogP contribution in [0.3, 0.4) is 0 Å². The summed E-state index contributed by atoms with van der Waals surface area (Å²) in [5.74, 6) is 0. The van der Waals surface area contributed by atoms with Crippen LogP contribution in [0.1, 0.15) is 42.2 Å². The van der Waals surface area contributed by atoms with Crippen LogP contribution in [0.4, 0.5) is 0 Å². The fourth-order valence-corrected chi connectivity index (χ4v) is 1.19. The van der Waals surface area contributed by atoms with Gasteiger partial charge in [-0.3, -0.25) is 9.89 Å². The SMILES string of the molecule is CCCCCc1cn[nH]c1C=O. The van der Waals surface area contributed by atoms with Crippen LogP contribution in [0.2, 0.25) is 0 Å². The van der Waals surface area contributed by atoms with Crippen LogP contribution in [0.5, 0.6) is 0 Å². The average Bonchev–Trinajstić information content (AvgIpc) is 2.52. The van der Waals surface area contributed by atoms with Gasteiger partial charge in [0.05, 0.1) is 6.20 Å². The van der Waals surface area contributed by atoms with Gasteiger partial charge in [0.15, 0.2) is 6.29 Å². The molecule has 1 rings (SSSR count). The first-order valence-electron chi connectivity index (χ1n) is 4.36. The highest BCUT2D eigenvalue weighted by atomic mass is 16.1. The molecule has 3 nitrogen and oxygen atoms in total. The summed E-state index contributed by atoms with van der Waals surface area (Å²) in [6, 6.07) is 0. The fraction of sp³-hybridized carbons (Fsp3) is 0.556. The molecule has 66 valence electrons. The molecule has 0 radical (unpaired) electrons. The van der Waals surface area contributed by atoms with Crippen LogP contribution in [0, 0.1) is 0 Å². The van der Waals surface area contributed by atoms with E-state index < -0.39 is 0 Å². The molecule has 3 heteroatoms. The number of nitrogens with zero attached hydrogens (tertiary/aromatic N) is 1. The van der Waals surface area contributed by atoms with Gasteiger partial charge in [0.25, 0.3) is 0 Å². The lowest BCUT2D eigenvalue weighted by molar-refractivity contribution is 0.111. The molecule has 0 saturated carbocycles. The minimum atomic E-state index is 0.631. The second kappa shape index (κ2) is 4.70. The van der Waals surface area contributed by atoms with Crippen molar-refractivity contribution in [2.24, 2.45) is 0 Å². The van der Waals surface area contributed by atoms with Gasteiger partial charge in [-0.15, -0.1) is 0 Å². The maximum atomic E-state index is 10.4. The number of carbonyl (C=O) groups excluding carboxylic acids is 1. The number of nitrogens with one attached hydrogen (secondary N) is 1. The Bertz CT molecular complexity index is 242. The maximum absolute atomic E-state index is 10.4. The first kappa shape index (κ1) is 8.97. The molecule has 0 aliphatic heterocycles. The van der Waals surface area contributed by atoms with E-state index in [-0.39, 0.29) is 0 Å². The number of aromatic nitrogens is 2. The van der Waals surface area contributed by atoms with Crippen LogP contribution in [0.25, 0.3) is 0 Å². The molecule has 0 unspecified atom stereocenters. The lowest BCUT2D eigenvalue weighted by atomic mass is 10.1. The van der Waals surface area contributed by atoms with Gasteiger partial charge in [0.2, 0.25) is 0 Å². The van der Waals surface area contributed by atoms with Gasteiger partial charge in [-0.25, -0.2) is 0 Å². The summed E-state index contributed by atoms with van der Waals surface area (Å²) in [6.45, 7) is 2.16. The number of aromatic amines is 1. The zero-order valence-corrected chi connectivity index (χ0v) is 7.34. The molecule has 0 atom stereocenters. The third kappa shape index (κ3) is 2.19. The monoisotopic (exact) mass is 166 g/mol. The number of H-pyrrole nitrogens is 1. The highest BCUT2D eigenvalue weighted by Crippen LogP contribution is 2.07. The van der Waals surface area contributed by atoms with E-state index in [2.05, 4.69) is 17.1 Å². The van der Waals surface area contributed by atoms with Crippen LogP contribution >= 0.6 is 0 Å². The van der Waals surface area contributed by atoms with Crippen LogP contribution in [-0.4, -0.2) is 16.5 Å². The summed E-state index contributed by atoms with van der Waals surface area (Å²) in [5.41, 5.74) is 1.67. The van der Waals surface area contributed by atoms with Crippen molar-refractivity contribution in [2.75, 3.05) is 0 Å². The molecule has 0 bridgehead atoms. The molecular weight excluding hydrogens is 152 g/mol. The van der Waals surface area contributed by atoms with E-state index >= 15 is 0 Å². The van der Waals surface area contributed by atoms with Gasteiger partial charge in [-0.2, -0.15) is 5.10 Å². The fourth-order valence-electron chi connectivity index (χ4n) is 1.19. The zero-order valence-electron chi connectivity index (χ0n) is 7.34. The number of hydrogen-bond acceptors (Lipinski definition) is 2. The minimum Gasteiger partial charge on any atom is -0.296 e. The topological polar surface area (TPSA) is 45.8 Å². The Morgan fingerprint density at radius 2 is 2.42 bits per heavy atom. The Hall–Kier alpha value is -1.12. The molecule has 0 fully saturated rings. The van der Waals surface area contributed by atoms with E-state index in [1.54, 1.807) is 6.20 Å². The number of unbranched alkanes of at least 4 members (excludes halogenated alkanes) is 2. The average molecular weight is 166 g/mol. The minimum absolute atomic E-state index is 0.631. The quantitative estimate of drug-likeness (QED) is 0.536. The Labute approximate surface area is 72.2 Å². The lowest BCUT2D eigenvalue weighted by Crippen LogP contribution is -1.89. The van der Waals surface area contributed by atoms with E-state index in [1.807, 2.05) is 0 Å². The van der Waals surface area contributed by atoms with Crippen molar-refractivity contribution in [3.05, 3.63) is 17.5 Å². The largest absolute Gasteiger partial charge is 0.296 e. The molecule has 1 N–H and O–H groups in total. The number of hydrogen-bond donors (Lipinski definition) is 1. The van der Waals surface area contributed by atoms with Crippen LogP contribution in [-0.2, 0) is 6.42 Å². The highest BCUT2D eigenvalue weighted by molar-refractivity contribution is 5.73. The molecule has 0 saturated heterocycles. The number of aryl methyl sites for hydroxylation is 1. The molecule has 0 aromatic carbocycles. The van der Waals surface area contributed by atoms with Crippen molar-refractivity contribution in [3.63, 3.8) is 0 Å². The standard InChI is InChI=1S/C9H14N2O/c1-2-3-4-5-8-6-10-11-9(8)7-12/h6-7H,2-5H2,1H3,(H,10,11). The van der Waals surface area contributed by atoms with Gasteiger partial charge < -0.3 is 0 Å². The Morgan fingerprint density at radius 3 is 3.08 bits per heavy atom. The molecule has 1 heterocycles. The second-order valence-corrected chi connectivity index (χ2v) is 2.88. The molecule has 0 spiro atoms. The van der Waals surface area contributed by atoms with Gasteiger partial charge in [0, 0.05) is 5.56 Å². The van der Waals surface area contributed by atoms with E-state index in [0.29, 0.717) is 5.69 Å². The summed E-state index contributed by atoms with van der Waals surface area (Å²) in [6.07, 6.45) is 7.07. The summed E-state index contributed by atoms with van der Waals surface area (Å²) >= 11 is 0. The molecule has 0 aliphatic rings. The molecular formula is C9H14N2O. The second-order valence-electron chi connectivity index (χ2n) is 2.88. The first-order valence-corrected chi connectivity index (χ1v) is 4.36. The molecule has 1 aromatic heterocycles. The van der Waals surface area contributed by atoms with Crippen LogP contribution < -0.4 is 0 Å². The summed E-state index contributed by atoms with van der Waals surface area (Å²) in [4.78, 5) is 10.4. The molecule has 0 aliphatic carbocycles. The Morgan fingerprint density at radius 1 is 1.58 bits per heavy atom. The predicted molar refractivity (Wildman–Crippen MR) is 47.2 cm³/mol. The van der Waals surface area contributed by atoms with Crippen molar-refractivity contribution in [2.45, 2.75) is 32.6 Å².